The summed E-state index contributed by atoms with van der Waals surface area (Å²) in [5, 5.41) is 13.1. The summed E-state index contributed by atoms with van der Waals surface area (Å²) in [5.41, 5.74) is 1.52. The van der Waals surface area contributed by atoms with Gasteiger partial charge in [-0.1, -0.05) is 37.3 Å². The Hall–Kier alpha value is -3.84. The van der Waals surface area contributed by atoms with Gasteiger partial charge in [0, 0.05) is 38.3 Å². The molecule has 4 atom stereocenters. The maximum atomic E-state index is 14.3. The summed E-state index contributed by atoms with van der Waals surface area (Å²) in [4.78, 5) is 28.7. The van der Waals surface area contributed by atoms with Gasteiger partial charge in [-0.2, -0.15) is 4.31 Å². The van der Waals surface area contributed by atoms with Crippen molar-refractivity contribution >= 4 is 27.5 Å². The number of carbonyl (C=O) groups excluding carboxylic acids is 2. The molecule has 0 fully saturated rings. The van der Waals surface area contributed by atoms with Gasteiger partial charge >= 0.3 is 0 Å². The van der Waals surface area contributed by atoms with Gasteiger partial charge < -0.3 is 24.8 Å². The molecule has 10 nitrogen and oxygen atoms in total. The van der Waals surface area contributed by atoms with Crippen LogP contribution in [0.5, 0.6) is 5.75 Å². The molecule has 0 bridgehead atoms. The largest absolute Gasteiger partial charge is 0.490 e. The Kier molecular flexibility index (Phi) is 13.1. The van der Waals surface area contributed by atoms with E-state index in [-0.39, 0.29) is 54.5 Å². The molecule has 0 aliphatic carbocycles. The molecule has 12 heteroatoms. The van der Waals surface area contributed by atoms with Crippen molar-refractivity contribution < 1.29 is 37.0 Å². The van der Waals surface area contributed by atoms with E-state index in [1.165, 1.54) is 28.4 Å². The monoisotopic (exact) mass is 683 g/mol. The second-order valence-electron chi connectivity index (χ2n) is 12.5. The van der Waals surface area contributed by atoms with E-state index in [0.717, 1.165) is 24.1 Å². The van der Waals surface area contributed by atoms with Gasteiger partial charge in [0.25, 0.3) is 5.91 Å². The number of fused-ring (bicyclic) bond motifs is 1. The summed E-state index contributed by atoms with van der Waals surface area (Å²) in [6, 6.07) is 18.4. The summed E-state index contributed by atoms with van der Waals surface area (Å²) in [6.45, 7) is 5.70. The van der Waals surface area contributed by atoms with E-state index >= 15 is 0 Å². The molecule has 0 radical (unpaired) electrons. The summed E-state index contributed by atoms with van der Waals surface area (Å²) in [5.74, 6) is -1.18. The maximum Gasteiger partial charge on any atom is 0.258 e. The SMILES string of the molecule is C[C@@H]1CCCCO[C@@H](CN(C)S(=O)(=O)c2ccc(F)cc2)[C@H](C)CN([C@@H](C)CO)C(=O)c2cc(NC(=O)Cc3ccccc3)ccc2O1. The molecule has 2 N–H and O–H groups in total. The minimum atomic E-state index is -3.95. The normalized spacial score (nSPS) is 20.4. The van der Waals surface area contributed by atoms with Gasteiger partial charge in [-0.15, -0.1) is 0 Å². The third-order valence-corrected chi connectivity index (χ3v) is 10.3. The third-order valence-electron chi connectivity index (χ3n) is 8.50. The third kappa shape index (κ3) is 9.85. The Morgan fingerprint density at radius 1 is 1.08 bits per heavy atom. The standard InChI is InChI=1S/C36H46FN3O7S/c1-25-22-40(26(2)24-41)36(43)32-21-30(38-35(42)20-28-11-6-5-7-12-28)15-18-33(32)47-27(3)10-8-9-19-46-34(25)23-39(4)48(44,45)31-16-13-29(37)14-17-31/h5-7,11-18,21,25-27,34,41H,8-10,19-20,22-24H2,1-4H3,(H,38,42)/t25-,26+,27-,34+/m1/s1. The van der Waals surface area contributed by atoms with Crippen molar-refractivity contribution in [2.75, 3.05) is 38.7 Å². The highest BCUT2D eigenvalue weighted by molar-refractivity contribution is 7.89. The predicted octanol–water partition coefficient (Wildman–Crippen LogP) is 5.12. The summed E-state index contributed by atoms with van der Waals surface area (Å²) in [6.07, 6.45) is 1.49. The molecule has 3 aromatic carbocycles. The number of likely N-dealkylation sites (N-methyl/N-ethyl adjacent to an activating group) is 1. The van der Waals surface area contributed by atoms with Gasteiger partial charge in [-0.25, -0.2) is 12.8 Å². The molecular formula is C36H46FN3O7S. The van der Waals surface area contributed by atoms with E-state index in [1.807, 2.05) is 44.2 Å². The Morgan fingerprint density at radius 2 is 1.79 bits per heavy atom. The molecule has 1 aliphatic rings. The molecule has 0 unspecified atom stereocenters. The molecule has 48 heavy (non-hydrogen) atoms. The number of hydrogen-bond donors (Lipinski definition) is 2. The summed E-state index contributed by atoms with van der Waals surface area (Å²) < 4.78 is 53.9. The molecule has 0 aromatic heterocycles. The first-order valence-corrected chi connectivity index (χ1v) is 17.7. The number of ether oxygens (including phenoxy) is 2. The van der Waals surface area contributed by atoms with Gasteiger partial charge in [-0.3, -0.25) is 9.59 Å². The lowest BCUT2D eigenvalue weighted by Crippen LogP contribution is -2.48. The van der Waals surface area contributed by atoms with Crippen molar-refractivity contribution in [3.8, 4) is 5.75 Å². The molecule has 2 amide bonds. The first-order valence-electron chi connectivity index (χ1n) is 16.3. The fourth-order valence-electron chi connectivity index (χ4n) is 5.59. The second-order valence-corrected chi connectivity index (χ2v) is 14.5. The number of aliphatic hydroxyl groups excluding tert-OH is 1. The van der Waals surface area contributed by atoms with Crippen LogP contribution < -0.4 is 10.1 Å². The summed E-state index contributed by atoms with van der Waals surface area (Å²) >= 11 is 0. The van der Waals surface area contributed by atoms with Crippen molar-refractivity contribution in [2.24, 2.45) is 5.92 Å². The lowest BCUT2D eigenvalue weighted by Gasteiger charge is -2.35. The highest BCUT2D eigenvalue weighted by Crippen LogP contribution is 2.29. The predicted molar refractivity (Wildman–Crippen MR) is 182 cm³/mol. The lowest BCUT2D eigenvalue weighted by atomic mass is 10.0. The van der Waals surface area contributed by atoms with E-state index in [0.29, 0.717) is 30.9 Å². The van der Waals surface area contributed by atoms with E-state index in [1.54, 1.807) is 25.1 Å². The molecule has 3 aromatic rings. The van der Waals surface area contributed by atoms with Crippen molar-refractivity contribution in [1.82, 2.24) is 9.21 Å². The molecule has 0 spiro atoms. The number of nitrogens with one attached hydrogen (secondary N) is 1. The number of amides is 2. The van der Waals surface area contributed by atoms with Crippen LogP contribution in [0.4, 0.5) is 10.1 Å². The van der Waals surface area contributed by atoms with E-state index in [2.05, 4.69) is 5.32 Å². The molecule has 1 heterocycles. The van der Waals surface area contributed by atoms with E-state index < -0.39 is 33.9 Å². The van der Waals surface area contributed by atoms with E-state index in [9.17, 15) is 27.5 Å². The number of halogens is 1. The quantitative estimate of drug-likeness (QED) is 0.321. The van der Waals surface area contributed by atoms with Crippen LogP contribution in [0.3, 0.4) is 0 Å². The smallest absolute Gasteiger partial charge is 0.258 e. The number of aliphatic hydroxyl groups is 1. The second kappa shape index (κ2) is 17.0. The zero-order valence-corrected chi connectivity index (χ0v) is 28.8. The van der Waals surface area contributed by atoms with Crippen LogP contribution in [-0.4, -0.2) is 86.1 Å². The van der Waals surface area contributed by atoms with Crippen LogP contribution in [0, 0.1) is 11.7 Å². The van der Waals surface area contributed by atoms with Gasteiger partial charge in [0.2, 0.25) is 15.9 Å². The Balaban J connectivity index is 1.62. The average Bonchev–Trinajstić information content (AvgIpc) is 3.06. The van der Waals surface area contributed by atoms with Crippen molar-refractivity contribution in [3.63, 3.8) is 0 Å². The van der Waals surface area contributed by atoms with Crippen LogP contribution in [0.15, 0.2) is 77.7 Å². The molecular weight excluding hydrogens is 637 g/mol. The van der Waals surface area contributed by atoms with E-state index in [4.69, 9.17) is 9.47 Å². The number of rotatable bonds is 9. The first-order chi connectivity index (χ1) is 22.9. The van der Waals surface area contributed by atoms with Crippen LogP contribution >= 0.6 is 0 Å². The number of anilines is 1. The molecule has 0 saturated heterocycles. The average molecular weight is 684 g/mol. The first kappa shape index (κ1) is 37.0. The van der Waals surface area contributed by atoms with Gasteiger partial charge in [0.05, 0.1) is 41.7 Å². The molecule has 4 rings (SSSR count). The number of benzene rings is 3. The molecule has 260 valence electrons. The Bertz CT molecular complexity index is 1620. The highest BCUT2D eigenvalue weighted by Gasteiger charge is 2.32. The van der Waals surface area contributed by atoms with Crippen molar-refractivity contribution in [3.05, 3.63) is 89.7 Å². The van der Waals surface area contributed by atoms with Gasteiger partial charge in [-0.05, 0) is 81.1 Å². The van der Waals surface area contributed by atoms with Crippen LogP contribution in [0.1, 0.15) is 56.0 Å². The van der Waals surface area contributed by atoms with Crippen molar-refractivity contribution in [1.29, 1.82) is 0 Å². The molecule has 1 aliphatic heterocycles. The highest BCUT2D eigenvalue weighted by atomic mass is 32.2. The van der Waals surface area contributed by atoms with Crippen LogP contribution in [0.2, 0.25) is 0 Å². The van der Waals surface area contributed by atoms with Gasteiger partial charge in [0.1, 0.15) is 11.6 Å². The zero-order valence-electron chi connectivity index (χ0n) is 28.0. The van der Waals surface area contributed by atoms with Crippen molar-refractivity contribution in [2.45, 2.75) is 69.6 Å². The number of carbonyl (C=O) groups is 2. The molecule has 0 saturated carbocycles. The lowest BCUT2D eigenvalue weighted by molar-refractivity contribution is -0.115. The Morgan fingerprint density at radius 3 is 2.48 bits per heavy atom. The Labute approximate surface area is 282 Å². The maximum absolute atomic E-state index is 14.3. The number of nitrogens with zero attached hydrogens (tertiary/aromatic N) is 2. The van der Waals surface area contributed by atoms with Crippen LogP contribution in [0.25, 0.3) is 0 Å². The number of hydrogen-bond acceptors (Lipinski definition) is 7. The minimum absolute atomic E-state index is 0.00981. The fraction of sp³-hybridized carbons (Fsp3) is 0.444. The van der Waals surface area contributed by atoms with Gasteiger partial charge in [0.15, 0.2) is 0 Å². The fourth-order valence-corrected chi connectivity index (χ4v) is 6.77. The summed E-state index contributed by atoms with van der Waals surface area (Å²) in [7, 11) is -2.51. The zero-order chi connectivity index (χ0) is 34.8. The minimum Gasteiger partial charge on any atom is -0.490 e. The topological polar surface area (TPSA) is 125 Å². The van der Waals surface area contributed by atoms with Crippen LogP contribution in [-0.2, 0) is 26.0 Å². The number of sulfonamides is 1.